The fraction of sp³-hybridized carbons (Fsp3) is 0.0566. The van der Waals surface area contributed by atoms with Gasteiger partial charge in [0.05, 0.1) is 22.2 Å². The minimum Gasteiger partial charge on any atom is -0.456 e. The summed E-state index contributed by atoms with van der Waals surface area (Å²) in [6, 6.07) is 64.1. The summed E-state index contributed by atoms with van der Waals surface area (Å²) in [7, 11) is 0. The Morgan fingerprint density at radius 2 is 1.11 bits per heavy atom. The number of nitrogens with zero attached hydrogens (tertiary/aromatic N) is 2. The Bertz CT molecular complexity index is 3390. The summed E-state index contributed by atoms with van der Waals surface area (Å²) < 4.78 is 11.1. The smallest absolute Gasteiger partial charge is 0.136 e. The third kappa shape index (κ3) is 4.58. The molecule has 0 bridgehead atoms. The molecule has 0 radical (unpaired) electrons. The van der Waals surface area contributed by atoms with Gasteiger partial charge in [-0.2, -0.15) is 0 Å². The zero-order valence-corrected chi connectivity index (χ0v) is 30.9. The molecule has 264 valence electrons. The topological polar surface area (TPSA) is 23.0 Å². The number of hydrogen-bond acceptors (Lipinski definition) is 1. The van der Waals surface area contributed by atoms with E-state index in [2.05, 4.69) is 192 Å². The lowest BCUT2D eigenvalue weighted by Crippen LogP contribution is -2.12. The Morgan fingerprint density at radius 3 is 1.98 bits per heavy atom. The van der Waals surface area contributed by atoms with Crippen LogP contribution in [0.5, 0.6) is 0 Å². The van der Waals surface area contributed by atoms with Gasteiger partial charge in [0.25, 0.3) is 0 Å². The predicted molar refractivity (Wildman–Crippen MR) is 234 cm³/mol. The van der Waals surface area contributed by atoms with Gasteiger partial charge in [0.1, 0.15) is 11.2 Å². The van der Waals surface area contributed by atoms with Gasteiger partial charge in [0.15, 0.2) is 0 Å². The quantitative estimate of drug-likeness (QED) is 0.178. The molecule has 3 aromatic heterocycles. The molecule has 2 atom stereocenters. The van der Waals surface area contributed by atoms with Crippen LogP contribution in [0.4, 0.5) is 0 Å². The predicted octanol–water partition coefficient (Wildman–Crippen LogP) is 14.4. The van der Waals surface area contributed by atoms with Gasteiger partial charge in [0, 0.05) is 44.2 Å². The van der Waals surface area contributed by atoms with Gasteiger partial charge < -0.3 is 13.6 Å². The van der Waals surface area contributed by atoms with Crippen molar-refractivity contribution in [3.8, 4) is 22.5 Å². The van der Waals surface area contributed by atoms with E-state index < -0.39 is 0 Å². The van der Waals surface area contributed by atoms with Crippen molar-refractivity contribution in [1.82, 2.24) is 9.13 Å². The lowest BCUT2D eigenvalue weighted by Gasteiger charge is -2.27. The molecule has 0 aliphatic heterocycles. The van der Waals surface area contributed by atoms with Gasteiger partial charge in [-0.05, 0) is 118 Å². The fourth-order valence-electron chi connectivity index (χ4n) is 9.66. The molecule has 1 aliphatic rings. The molecule has 3 heteroatoms. The molecule has 0 amide bonds. The number of fused-ring (bicyclic) bond motifs is 10. The van der Waals surface area contributed by atoms with Gasteiger partial charge in [-0.25, -0.2) is 0 Å². The van der Waals surface area contributed by atoms with E-state index in [4.69, 9.17) is 4.42 Å². The van der Waals surface area contributed by atoms with Crippen LogP contribution in [0.25, 0.3) is 94.0 Å². The molecule has 0 saturated carbocycles. The van der Waals surface area contributed by atoms with E-state index in [0.717, 1.165) is 27.5 Å². The Morgan fingerprint density at radius 1 is 0.446 bits per heavy atom. The molecule has 0 saturated heterocycles. The number of allylic oxidation sites excluding steroid dienone is 1. The summed E-state index contributed by atoms with van der Waals surface area (Å²) in [5.41, 5.74) is 14.3. The molecule has 11 aromatic rings. The van der Waals surface area contributed by atoms with E-state index in [9.17, 15) is 0 Å². The summed E-state index contributed by atoms with van der Waals surface area (Å²) in [6.45, 7) is 2.41. The minimum absolute atomic E-state index is 0.249. The molecule has 0 fully saturated rings. The number of para-hydroxylation sites is 4. The molecule has 1 aliphatic carbocycles. The number of hydrogen-bond donors (Lipinski definition) is 0. The van der Waals surface area contributed by atoms with Crippen molar-refractivity contribution in [3.63, 3.8) is 0 Å². The average Bonchev–Trinajstić information content (AvgIpc) is 3.91. The van der Waals surface area contributed by atoms with E-state index in [1.54, 1.807) is 0 Å². The van der Waals surface area contributed by atoms with Gasteiger partial charge in [-0.1, -0.05) is 116 Å². The van der Waals surface area contributed by atoms with Crippen molar-refractivity contribution in [2.24, 2.45) is 0 Å². The van der Waals surface area contributed by atoms with Crippen LogP contribution in [0.1, 0.15) is 35.6 Å². The first-order valence-electron chi connectivity index (χ1n) is 19.5. The van der Waals surface area contributed by atoms with Crippen molar-refractivity contribution in [2.45, 2.75) is 18.8 Å². The van der Waals surface area contributed by atoms with Crippen molar-refractivity contribution in [1.29, 1.82) is 0 Å². The molecule has 56 heavy (non-hydrogen) atoms. The first-order chi connectivity index (χ1) is 27.7. The summed E-state index contributed by atoms with van der Waals surface area (Å²) in [4.78, 5) is 0. The second-order valence-corrected chi connectivity index (χ2v) is 15.3. The van der Waals surface area contributed by atoms with Crippen LogP contribution in [0.3, 0.4) is 0 Å². The Kier molecular flexibility index (Phi) is 6.67. The maximum Gasteiger partial charge on any atom is 0.136 e. The Labute approximate surface area is 324 Å². The number of rotatable bonds is 4. The lowest BCUT2D eigenvalue weighted by molar-refractivity contribution is 0.669. The molecular weight excluding hydrogens is 681 g/mol. The first kappa shape index (κ1) is 31.3. The van der Waals surface area contributed by atoms with Gasteiger partial charge in [0.2, 0.25) is 0 Å². The van der Waals surface area contributed by atoms with E-state index in [0.29, 0.717) is 0 Å². The fourth-order valence-corrected chi connectivity index (χ4v) is 9.66. The standard InChI is InChI=1S/C53H36N2O/c1-33-41(38-23-27-49-46(31-38)42-13-5-8-16-47(42)54(49)39-11-3-2-4-12-39)26-28-50-53(33)45-15-6-9-17-48(45)55(50)40-24-21-35-29-34(19-20-36(35)30-40)37-22-25-44-43-14-7-10-18-51(43)56-52(44)32-37/h2-33,41H,1H3. The Balaban J connectivity index is 0.933. The minimum atomic E-state index is 0.249. The molecule has 3 nitrogen and oxygen atoms in total. The van der Waals surface area contributed by atoms with Crippen LogP contribution >= 0.6 is 0 Å². The van der Waals surface area contributed by atoms with Gasteiger partial charge in [-0.15, -0.1) is 0 Å². The molecular formula is C53H36N2O. The maximum absolute atomic E-state index is 6.22. The highest BCUT2D eigenvalue weighted by Gasteiger charge is 2.30. The largest absolute Gasteiger partial charge is 0.456 e. The van der Waals surface area contributed by atoms with Crippen LogP contribution in [0.2, 0.25) is 0 Å². The molecule has 0 spiro atoms. The average molecular weight is 717 g/mol. The van der Waals surface area contributed by atoms with Crippen LogP contribution < -0.4 is 0 Å². The summed E-state index contributed by atoms with van der Waals surface area (Å²) in [6.07, 6.45) is 4.81. The molecule has 2 unspecified atom stereocenters. The van der Waals surface area contributed by atoms with E-state index >= 15 is 0 Å². The van der Waals surface area contributed by atoms with Crippen LogP contribution in [0.15, 0.2) is 186 Å². The molecule has 0 N–H and O–H groups in total. The Hall–Kier alpha value is -7.10. The van der Waals surface area contributed by atoms with Gasteiger partial charge in [-0.3, -0.25) is 0 Å². The molecule has 8 aromatic carbocycles. The SMILES string of the molecule is CC1c2c(n(-c3ccc4cc(-c5ccc6c(c5)oc5ccccc56)ccc4c3)c3ccccc23)C=CC1c1ccc2c(c1)c1ccccc1n2-c1ccccc1. The zero-order valence-electron chi connectivity index (χ0n) is 30.9. The van der Waals surface area contributed by atoms with E-state index in [1.807, 2.05) is 12.1 Å². The van der Waals surface area contributed by atoms with Crippen molar-refractivity contribution >= 4 is 71.5 Å². The third-order valence-electron chi connectivity index (χ3n) is 12.3. The second-order valence-electron chi connectivity index (χ2n) is 15.3. The van der Waals surface area contributed by atoms with E-state index in [1.165, 1.54) is 77.2 Å². The first-order valence-corrected chi connectivity index (χ1v) is 19.5. The van der Waals surface area contributed by atoms with Crippen molar-refractivity contribution < 1.29 is 4.42 Å². The van der Waals surface area contributed by atoms with Crippen LogP contribution in [0, 0.1) is 0 Å². The molecule has 3 heterocycles. The lowest BCUT2D eigenvalue weighted by atomic mass is 9.78. The highest BCUT2D eigenvalue weighted by Crippen LogP contribution is 2.47. The monoisotopic (exact) mass is 716 g/mol. The number of aromatic nitrogens is 2. The molecule has 12 rings (SSSR count). The number of benzene rings is 8. The number of furan rings is 1. The highest BCUT2D eigenvalue weighted by atomic mass is 16.3. The maximum atomic E-state index is 6.22. The van der Waals surface area contributed by atoms with Crippen molar-refractivity contribution in [2.75, 3.05) is 0 Å². The van der Waals surface area contributed by atoms with Crippen molar-refractivity contribution in [3.05, 3.63) is 199 Å². The second kappa shape index (κ2) is 11.9. The van der Waals surface area contributed by atoms with E-state index in [-0.39, 0.29) is 11.8 Å². The van der Waals surface area contributed by atoms with Crippen LogP contribution in [-0.2, 0) is 0 Å². The zero-order chi connectivity index (χ0) is 36.9. The van der Waals surface area contributed by atoms with Crippen LogP contribution in [-0.4, -0.2) is 9.13 Å². The normalized spacial score (nSPS) is 15.5. The van der Waals surface area contributed by atoms with Gasteiger partial charge >= 0.3 is 0 Å². The third-order valence-corrected chi connectivity index (χ3v) is 12.3. The summed E-state index contributed by atoms with van der Waals surface area (Å²) in [5.74, 6) is 0.534. The highest BCUT2D eigenvalue weighted by molar-refractivity contribution is 6.10. The summed E-state index contributed by atoms with van der Waals surface area (Å²) in [5, 5.41) is 8.65. The summed E-state index contributed by atoms with van der Waals surface area (Å²) >= 11 is 0.